The second-order valence-corrected chi connectivity index (χ2v) is 5.71. The number of aromatic nitrogens is 3. The Balaban J connectivity index is 2.51. The molecular formula is C18H27N3O5. The van der Waals surface area contributed by atoms with Gasteiger partial charge in [-0.15, -0.1) is 17.9 Å². The van der Waals surface area contributed by atoms with E-state index in [1.165, 1.54) is 0 Å². The van der Waals surface area contributed by atoms with Gasteiger partial charge in [0.1, 0.15) is 18.9 Å². The molecule has 0 radical (unpaired) electrons. The van der Waals surface area contributed by atoms with Gasteiger partial charge in [0.15, 0.2) is 0 Å². The van der Waals surface area contributed by atoms with Crippen LogP contribution in [-0.2, 0) is 32.1 Å². The Labute approximate surface area is 154 Å². The Kier molecular flexibility index (Phi) is 11.3. The molecule has 0 saturated carbocycles. The maximum Gasteiger partial charge on any atom is 0.108 e. The van der Waals surface area contributed by atoms with Crippen molar-refractivity contribution in [2.24, 2.45) is 5.41 Å². The summed E-state index contributed by atoms with van der Waals surface area (Å²) in [4.78, 5) is 0. The summed E-state index contributed by atoms with van der Waals surface area (Å²) in [6.07, 6.45) is 12.2. The zero-order valence-corrected chi connectivity index (χ0v) is 15.2. The number of aliphatic hydroxyl groups is 1. The van der Waals surface area contributed by atoms with E-state index in [0.29, 0.717) is 25.5 Å². The van der Waals surface area contributed by atoms with Gasteiger partial charge in [-0.2, -0.15) is 0 Å². The fourth-order valence-corrected chi connectivity index (χ4v) is 2.10. The lowest BCUT2D eigenvalue weighted by Gasteiger charge is -2.30. The number of terminal acetylenes is 2. The summed E-state index contributed by atoms with van der Waals surface area (Å²) in [5, 5.41) is 17.9. The van der Waals surface area contributed by atoms with E-state index in [1.807, 2.05) is 6.92 Å². The van der Waals surface area contributed by atoms with E-state index in [9.17, 15) is 5.11 Å². The molecule has 8 heteroatoms. The summed E-state index contributed by atoms with van der Waals surface area (Å²) in [5.41, 5.74) is -0.0685. The molecule has 0 fully saturated rings. The van der Waals surface area contributed by atoms with E-state index in [4.69, 9.17) is 31.8 Å². The summed E-state index contributed by atoms with van der Waals surface area (Å²) >= 11 is 0. The van der Waals surface area contributed by atoms with Crippen LogP contribution in [0.15, 0.2) is 6.20 Å². The average molecular weight is 365 g/mol. The fraction of sp³-hybridized carbons (Fsp3) is 0.667. The van der Waals surface area contributed by atoms with Crippen LogP contribution in [-0.4, -0.2) is 73.0 Å². The molecule has 0 aliphatic carbocycles. The fourth-order valence-electron chi connectivity index (χ4n) is 2.10. The quantitative estimate of drug-likeness (QED) is 0.349. The smallest absolute Gasteiger partial charge is 0.108 e. The number of hydrogen-bond donors (Lipinski definition) is 1. The molecule has 0 unspecified atom stereocenters. The third-order valence-electron chi connectivity index (χ3n) is 3.44. The summed E-state index contributed by atoms with van der Waals surface area (Å²) in [6.45, 7) is 4.74. The molecule has 0 aliphatic rings. The van der Waals surface area contributed by atoms with E-state index >= 15 is 0 Å². The van der Waals surface area contributed by atoms with E-state index in [1.54, 1.807) is 10.9 Å². The SMILES string of the molecule is C#CCOCC(CO)(COCC#C)COCc1cn(CCOCC)nn1. The van der Waals surface area contributed by atoms with Gasteiger partial charge in [-0.3, -0.25) is 0 Å². The molecule has 0 atom stereocenters. The number of aliphatic hydroxyl groups excluding tert-OH is 1. The molecule has 26 heavy (non-hydrogen) atoms. The van der Waals surface area contributed by atoms with E-state index in [-0.39, 0.29) is 46.2 Å². The highest BCUT2D eigenvalue weighted by molar-refractivity contribution is 4.90. The topological polar surface area (TPSA) is 87.9 Å². The van der Waals surface area contributed by atoms with Gasteiger partial charge in [0.2, 0.25) is 0 Å². The van der Waals surface area contributed by atoms with Crippen molar-refractivity contribution < 1.29 is 24.1 Å². The summed E-state index contributed by atoms with van der Waals surface area (Å²) in [6, 6.07) is 0. The Bertz CT molecular complexity index is 556. The van der Waals surface area contributed by atoms with Crippen molar-refractivity contribution in [1.29, 1.82) is 0 Å². The predicted octanol–water partition coefficient (Wildman–Crippen LogP) is 0.110. The molecule has 0 bridgehead atoms. The maximum atomic E-state index is 9.81. The molecule has 8 nitrogen and oxygen atoms in total. The van der Waals surface area contributed by atoms with Crippen LogP contribution in [0.5, 0.6) is 0 Å². The Morgan fingerprint density at radius 3 is 2.35 bits per heavy atom. The highest BCUT2D eigenvalue weighted by Gasteiger charge is 2.31. The van der Waals surface area contributed by atoms with Crippen molar-refractivity contribution in [2.45, 2.75) is 20.1 Å². The Hall–Kier alpha value is -1.94. The zero-order valence-electron chi connectivity index (χ0n) is 15.2. The number of ether oxygens (including phenoxy) is 4. The maximum absolute atomic E-state index is 9.81. The molecule has 0 spiro atoms. The summed E-state index contributed by atoms with van der Waals surface area (Å²) in [5.74, 6) is 4.78. The molecule has 144 valence electrons. The second-order valence-electron chi connectivity index (χ2n) is 5.71. The summed E-state index contributed by atoms with van der Waals surface area (Å²) < 4.78 is 23.4. The third-order valence-corrected chi connectivity index (χ3v) is 3.44. The van der Waals surface area contributed by atoms with Crippen LogP contribution in [0, 0.1) is 30.1 Å². The number of hydrogen-bond acceptors (Lipinski definition) is 7. The molecule has 0 aliphatic heterocycles. The molecule has 1 aromatic rings. The number of rotatable bonds is 15. The molecule has 1 rings (SSSR count). The Morgan fingerprint density at radius 2 is 1.77 bits per heavy atom. The van der Waals surface area contributed by atoms with Crippen LogP contribution < -0.4 is 0 Å². The molecule has 1 N–H and O–H groups in total. The number of nitrogens with zero attached hydrogens (tertiary/aromatic N) is 3. The first-order valence-corrected chi connectivity index (χ1v) is 8.37. The van der Waals surface area contributed by atoms with Crippen LogP contribution in [0.2, 0.25) is 0 Å². The first-order valence-electron chi connectivity index (χ1n) is 8.37. The van der Waals surface area contributed by atoms with Crippen molar-refractivity contribution >= 4 is 0 Å². The van der Waals surface area contributed by atoms with Crippen molar-refractivity contribution in [3.63, 3.8) is 0 Å². The lowest BCUT2D eigenvalue weighted by atomic mass is 9.92. The van der Waals surface area contributed by atoms with E-state index in [2.05, 4.69) is 22.2 Å². The van der Waals surface area contributed by atoms with Gasteiger partial charge in [0.05, 0.1) is 57.8 Å². The highest BCUT2D eigenvalue weighted by atomic mass is 16.5. The average Bonchev–Trinajstić information content (AvgIpc) is 3.09. The molecule has 0 amide bonds. The zero-order chi connectivity index (χ0) is 19.1. The molecular weight excluding hydrogens is 338 g/mol. The Morgan fingerprint density at radius 1 is 1.12 bits per heavy atom. The van der Waals surface area contributed by atoms with Crippen molar-refractivity contribution in [3.8, 4) is 24.7 Å². The van der Waals surface area contributed by atoms with E-state index < -0.39 is 5.41 Å². The van der Waals surface area contributed by atoms with Gasteiger partial charge in [0, 0.05) is 6.61 Å². The minimum absolute atomic E-state index is 0.144. The molecule has 0 aromatic carbocycles. The van der Waals surface area contributed by atoms with Crippen LogP contribution in [0.1, 0.15) is 12.6 Å². The highest BCUT2D eigenvalue weighted by Crippen LogP contribution is 2.19. The monoisotopic (exact) mass is 365 g/mol. The first kappa shape index (κ1) is 22.1. The van der Waals surface area contributed by atoms with E-state index in [0.717, 1.165) is 0 Å². The summed E-state index contributed by atoms with van der Waals surface area (Å²) in [7, 11) is 0. The lowest BCUT2D eigenvalue weighted by molar-refractivity contribution is -0.0884. The second kappa shape index (κ2) is 13.3. The largest absolute Gasteiger partial charge is 0.396 e. The third kappa shape index (κ3) is 8.43. The van der Waals surface area contributed by atoms with Gasteiger partial charge >= 0.3 is 0 Å². The van der Waals surface area contributed by atoms with Crippen LogP contribution >= 0.6 is 0 Å². The minimum Gasteiger partial charge on any atom is -0.396 e. The standard InChI is InChI=1S/C18H27N3O5/c1-4-8-24-14-18(13-22,15-25-9-5-2)16-26-12-17-11-21(20-19-17)7-10-23-6-3/h1-2,11,22H,6-10,12-16H2,3H3. The minimum atomic E-state index is -0.751. The van der Waals surface area contributed by atoms with Gasteiger partial charge in [-0.25, -0.2) is 4.68 Å². The van der Waals surface area contributed by atoms with Crippen molar-refractivity contribution in [2.75, 3.05) is 52.9 Å². The van der Waals surface area contributed by atoms with Gasteiger partial charge < -0.3 is 24.1 Å². The molecule has 0 saturated heterocycles. The lowest BCUT2D eigenvalue weighted by Crippen LogP contribution is -2.41. The van der Waals surface area contributed by atoms with Gasteiger partial charge in [-0.05, 0) is 6.92 Å². The van der Waals surface area contributed by atoms with Crippen molar-refractivity contribution in [1.82, 2.24) is 15.0 Å². The van der Waals surface area contributed by atoms with Gasteiger partial charge in [0.25, 0.3) is 0 Å². The van der Waals surface area contributed by atoms with Gasteiger partial charge in [-0.1, -0.05) is 17.1 Å². The first-order chi connectivity index (χ1) is 12.7. The predicted molar refractivity (Wildman–Crippen MR) is 95.0 cm³/mol. The van der Waals surface area contributed by atoms with Crippen LogP contribution in [0.3, 0.4) is 0 Å². The van der Waals surface area contributed by atoms with Crippen LogP contribution in [0.25, 0.3) is 0 Å². The molecule has 1 aromatic heterocycles. The normalized spacial score (nSPS) is 11.2. The van der Waals surface area contributed by atoms with Crippen molar-refractivity contribution in [3.05, 3.63) is 11.9 Å². The molecule has 1 heterocycles. The van der Waals surface area contributed by atoms with Crippen LogP contribution in [0.4, 0.5) is 0 Å².